The Morgan fingerprint density at radius 2 is 1.57 bits per heavy atom. The van der Waals surface area contributed by atoms with Crippen molar-refractivity contribution < 1.29 is 19.1 Å². The minimum absolute atomic E-state index is 0.107. The predicted octanol–water partition coefficient (Wildman–Crippen LogP) is 3.27. The van der Waals surface area contributed by atoms with Crippen LogP contribution in [0.15, 0.2) is 60.7 Å². The van der Waals surface area contributed by atoms with Gasteiger partial charge in [-0.15, -0.1) is 0 Å². The summed E-state index contributed by atoms with van der Waals surface area (Å²) in [7, 11) is -2.60. The van der Waals surface area contributed by atoms with Gasteiger partial charge in [0.15, 0.2) is 0 Å². The van der Waals surface area contributed by atoms with Crippen molar-refractivity contribution in [1.82, 2.24) is 0 Å². The summed E-state index contributed by atoms with van der Waals surface area (Å²) in [5.41, 5.74) is 0. The lowest BCUT2D eigenvalue weighted by atomic mass is 10.2. The lowest BCUT2D eigenvalue weighted by Crippen LogP contribution is -2.66. The molecule has 2 aromatic carbocycles. The van der Waals surface area contributed by atoms with Crippen LogP contribution in [0.25, 0.3) is 0 Å². The summed E-state index contributed by atoms with van der Waals surface area (Å²) in [5.74, 6) is 4.52. The zero-order valence-corrected chi connectivity index (χ0v) is 19.4. The van der Waals surface area contributed by atoms with E-state index in [2.05, 4.69) is 81.1 Å². The van der Waals surface area contributed by atoms with Gasteiger partial charge in [0.2, 0.25) is 0 Å². The molecule has 0 unspecified atom stereocenters. The predicted molar refractivity (Wildman–Crippen MR) is 123 cm³/mol. The van der Waals surface area contributed by atoms with E-state index in [0.29, 0.717) is 19.6 Å². The van der Waals surface area contributed by atoms with Crippen molar-refractivity contribution in [2.24, 2.45) is 0 Å². The summed E-state index contributed by atoms with van der Waals surface area (Å²) in [5, 5.41) is 12.6. The Bertz CT molecular complexity index is 808. The maximum absolute atomic E-state index is 11.3. The molecule has 0 fully saturated rings. The molecule has 0 heterocycles. The van der Waals surface area contributed by atoms with Gasteiger partial charge >= 0.3 is 5.97 Å². The molecule has 1 N–H and O–H groups in total. The topological polar surface area (TPSA) is 55.8 Å². The molecular weight excluding hydrogens is 392 g/mol. The van der Waals surface area contributed by atoms with Crippen LogP contribution >= 0.6 is 0 Å². The number of ether oxygens (including phenoxy) is 1. The summed E-state index contributed by atoms with van der Waals surface area (Å²) in [4.78, 5) is 11.3. The molecule has 0 saturated heterocycles. The van der Waals surface area contributed by atoms with Gasteiger partial charge in [0.05, 0.1) is 12.7 Å². The molecule has 0 spiro atoms. The van der Waals surface area contributed by atoms with E-state index in [-0.39, 0.29) is 11.5 Å². The van der Waals surface area contributed by atoms with Crippen molar-refractivity contribution in [2.45, 2.75) is 51.7 Å². The van der Waals surface area contributed by atoms with Gasteiger partial charge in [0.1, 0.15) is 0 Å². The van der Waals surface area contributed by atoms with Crippen molar-refractivity contribution in [2.75, 3.05) is 13.2 Å². The second-order valence-electron chi connectivity index (χ2n) is 8.18. The summed E-state index contributed by atoms with van der Waals surface area (Å²) in [6.07, 6.45) is -0.00424. The Balaban J connectivity index is 2.20. The van der Waals surface area contributed by atoms with Gasteiger partial charge in [0, 0.05) is 18.9 Å². The van der Waals surface area contributed by atoms with Crippen LogP contribution in [0, 0.1) is 11.8 Å². The maximum Gasteiger partial charge on any atom is 0.384 e. The molecule has 0 radical (unpaired) electrons. The molecular formula is C25H32O4Si. The number of carbonyl (C=O) groups excluding carboxylic acids is 1. The van der Waals surface area contributed by atoms with Gasteiger partial charge in [-0.2, -0.15) is 0 Å². The van der Waals surface area contributed by atoms with Crippen LogP contribution in [0.1, 0.15) is 40.5 Å². The first-order valence-corrected chi connectivity index (χ1v) is 12.3. The molecule has 0 aliphatic carbocycles. The van der Waals surface area contributed by atoms with Crippen LogP contribution in [-0.4, -0.2) is 38.7 Å². The van der Waals surface area contributed by atoms with Crippen LogP contribution in [0.4, 0.5) is 0 Å². The number of carbonyl (C=O) groups is 1. The number of esters is 1. The molecule has 5 heteroatoms. The highest BCUT2D eigenvalue weighted by atomic mass is 28.4. The molecule has 1 atom stereocenters. The number of hydrogen-bond acceptors (Lipinski definition) is 4. The first-order valence-electron chi connectivity index (χ1n) is 10.4. The van der Waals surface area contributed by atoms with E-state index in [4.69, 9.17) is 9.16 Å². The minimum Gasteiger partial charge on any atom is -0.456 e. The minimum atomic E-state index is -2.60. The summed E-state index contributed by atoms with van der Waals surface area (Å²) < 4.78 is 11.5. The molecule has 0 bridgehead atoms. The number of aliphatic hydroxyl groups is 1. The highest BCUT2D eigenvalue weighted by Gasteiger charge is 2.49. The number of hydrogen-bond donors (Lipinski definition) is 1. The standard InChI is InChI=1S/C25H32O4Si/c1-5-28-24(27)18-12-13-21(26)19-20-29-30(25(2,3)4,22-14-8-6-9-15-22)23-16-10-7-11-17-23/h6-11,14-17,21,26H,5,13,19-20H2,1-4H3/t21-/m0/s1. The zero-order valence-electron chi connectivity index (χ0n) is 18.4. The zero-order chi connectivity index (χ0) is 22.0. The molecule has 0 aromatic heterocycles. The average Bonchev–Trinajstić information content (AvgIpc) is 2.72. The van der Waals surface area contributed by atoms with E-state index in [1.165, 1.54) is 10.4 Å². The Morgan fingerprint density at radius 3 is 2.03 bits per heavy atom. The molecule has 0 amide bonds. The fraction of sp³-hybridized carbons (Fsp3) is 0.400. The average molecular weight is 425 g/mol. The first-order chi connectivity index (χ1) is 14.3. The van der Waals surface area contributed by atoms with Gasteiger partial charge in [-0.05, 0) is 28.8 Å². The second-order valence-corrected chi connectivity index (χ2v) is 12.5. The summed E-state index contributed by atoms with van der Waals surface area (Å²) >= 11 is 0. The maximum atomic E-state index is 11.3. The molecule has 0 saturated carbocycles. The van der Waals surface area contributed by atoms with E-state index in [9.17, 15) is 9.90 Å². The van der Waals surface area contributed by atoms with Crippen molar-refractivity contribution in [3.63, 3.8) is 0 Å². The largest absolute Gasteiger partial charge is 0.456 e. The fourth-order valence-electron chi connectivity index (χ4n) is 3.62. The first kappa shape index (κ1) is 23.9. The Morgan fingerprint density at radius 1 is 1.03 bits per heavy atom. The fourth-order valence-corrected chi connectivity index (χ4v) is 8.20. The van der Waals surface area contributed by atoms with Gasteiger partial charge in [0.25, 0.3) is 8.32 Å². The highest BCUT2D eigenvalue weighted by Crippen LogP contribution is 2.36. The van der Waals surface area contributed by atoms with Crippen molar-refractivity contribution in [3.8, 4) is 11.8 Å². The van der Waals surface area contributed by atoms with Crippen LogP contribution in [-0.2, 0) is 14.0 Å². The van der Waals surface area contributed by atoms with Gasteiger partial charge < -0.3 is 14.3 Å². The lowest BCUT2D eigenvalue weighted by molar-refractivity contribution is -0.136. The highest BCUT2D eigenvalue weighted by molar-refractivity contribution is 6.99. The molecule has 4 nitrogen and oxygen atoms in total. The summed E-state index contributed by atoms with van der Waals surface area (Å²) in [6, 6.07) is 20.8. The molecule has 0 aliphatic rings. The van der Waals surface area contributed by atoms with Crippen LogP contribution in [0.5, 0.6) is 0 Å². The van der Waals surface area contributed by atoms with Crippen molar-refractivity contribution in [3.05, 3.63) is 60.7 Å². The molecule has 160 valence electrons. The quantitative estimate of drug-likeness (QED) is 0.306. The Labute approximate surface area is 181 Å². The van der Waals surface area contributed by atoms with Gasteiger partial charge in [-0.25, -0.2) is 4.79 Å². The van der Waals surface area contributed by atoms with E-state index in [1.807, 2.05) is 12.1 Å². The Kier molecular flexibility index (Phi) is 8.85. The number of rotatable bonds is 8. The number of benzene rings is 2. The third-order valence-electron chi connectivity index (χ3n) is 4.99. The van der Waals surface area contributed by atoms with E-state index in [1.54, 1.807) is 6.92 Å². The smallest absolute Gasteiger partial charge is 0.384 e. The third kappa shape index (κ3) is 6.05. The second kappa shape index (κ2) is 11.1. The van der Waals surface area contributed by atoms with E-state index in [0.717, 1.165) is 0 Å². The lowest BCUT2D eigenvalue weighted by Gasteiger charge is -2.43. The van der Waals surface area contributed by atoms with E-state index >= 15 is 0 Å². The van der Waals surface area contributed by atoms with E-state index < -0.39 is 20.4 Å². The van der Waals surface area contributed by atoms with Crippen LogP contribution in [0.2, 0.25) is 5.04 Å². The van der Waals surface area contributed by atoms with Crippen LogP contribution < -0.4 is 10.4 Å². The van der Waals surface area contributed by atoms with Crippen LogP contribution in [0.3, 0.4) is 0 Å². The molecule has 30 heavy (non-hydrogen) atoms. The normalized spacial score (nSPS) is 12.6. The summed E-state index contributed by atoms with van der Waals surface area (Å²) in [6.45, 7) is 9.11. The SMILES string of the molecule is CCOC(=O)C#CC[C@H](O)CCO[Si](c1ccccc1)(c1ccccc1)C(C)(C)C. The molecule has 2 rings (SSSR count). The third-order valence-corrected chi connectivity index (χ3v) is 10.0. The van der Waals surface area contributed by atoms with Crippen molar-refractivity contribution >= 4 is 24.7 Å². The Hall–Kier alpha value is -2.39. The number of aliphatic hydroxyl groups excluding tert-OH is 1. The molecule has 0 aliphatic heterocycles. The van der Waals surface area contributed by atoms with Gasteiger partial charge in [-0.1, -0.05) is 87.4 Å². The monoisotopic (exact) mass is 424 g/mol. The van der Waals surface area contributed by atoms with Crippen molar-refractivity contribution in [1.29, 1.82) is 0 Å². The molecule has 2 aromatic rings. The van der Waals surface area contributed by atoms with Gasteiger partial charge in [-0.3, -0.25) is 0 Å².